The number of thioether (sulfide) groups is 1. The molecule has 22 heavy (non-hydrogen) atoms. The molecule has 1 fully saturated rings. The highest BCUT2D eigenvalue weighted by Crippen LogP contribution is 2.46. The van der Waals surface area contributed by atoms with Gasteiger partial charge in [0.2, 0.25) is 5.91 Å². The second-order valence-electron chi connectivity index (χ2n) is 4.58. The molecule has 0 aromatic heterocycles. The number of hydrogen-bond acceptors (Lipinski definition) is 5. The number of alkyl halides is 2. The Hall–Kier alpha value is -0.960. The summed E-state index contributed by atoms with van der Waals surface area (Å²) in [5.41, 5.74) is -1.26. The third-order valence-electron chi connectivity index (χ3n) is 3.29. The number of carbonyl (C=O) groups excluding carboxylic acids is 2. The maximum absolute atomic E-state index is 12.5. The number of fused-ring (bicyclic) bond motifs is 1. The number of rotatable bonds is 6. The van der Waals surface area contributed by atoms with Crippen LogP contribution >= 0.6 is 35.0 Å². The summed E-state index contributed by atoms with van der Waals surface area (Å²) in [5.74, 6) is -2.40. The normalized spacial score (nSPS) is 27.3. The van der Waals surface area contributed by atoms with Crippen LogP contribution in [0.3, 0.4) is 0 Å². The fourth-order valence-electron chi connectivity index (χ4n) is 2.44. The van der Waals surface area contributed by atoms with E-state index in [2.05, 4.69) is 5.32 Å². The molecule has 1 unspecified atom stereocenters. The highest BCUT2D eigenvalue weighted by Gasteiger charge is 2.66. The molecule has 0 radical (unpaired) electrons. The largest absolute Gasteiger partial charge is 0.477 e. The van der Waals surface area contributed by atoms with E-state index in [9.17, 15) is 19.5 Å². The Morgan fingerprint density at radius 3 is 2.73 bits per heavy atom. The van der Waals surface area contributed by atoms with Crippen molar-refractivity contribution in [2.24, 2.45) is 0 Å². The summed E-state index contributed by atoms with van der Waals surface area (Å²) < 4.78 is 5.47. The summed E-state index contributed by atoms with van der Waals surface area (Å²) in [6, 6.07) is 0. The first-order chi connectivity index (χ1) is 10.4. The number of carboxylic acids is 1. The molecular formula is C12H14Cl2N2O5S. The summed E-state index contributed by atoms with van der Waals surface area (Å²) in [6.07, 6.45) is 0. The lowest BCUT2D eigenvalue weighted by atomic mass is 9.98. The van der Waals surface area contributed by atoms with E-state index >= 15 is 0 Å². The molecule has 2 rings (SSSR count). The Labute approximate surface area is 140 Å². The maximum Gasteiger partial charge on any atom is 0.352 e. The summed E-state index contributed by atoms with van der Waals surface area (Å²) in [7, 11) is 0. The predicted molar refractivity (Wildman–Crippen MR) is 81.7 cm³/mol. The van der Waals surface area contributed by atoms with Gasteiger partial charge in [-0.1, -0.05) is 0 Å². The van der Waals surface area contributed by atoms with Crippen molar-refractivity contribution in [3.8, 4) is 0 Å². The van der Waals surface area contributed by atoms with Crippen LogP contribution in [0, 0.1) is 0 Å². The Kier molecular flexibility index (Phi) is 5.26. The van der Waals surface area contributed by atoms with E-state index in [4.69, 9.17) is 27.9 Å². The van der Waals surface area contributed by atoms with Gasteiger partial charge in [0, 0.05) is 18.2 Å². The van der Waals surface area contributed by atoms with Crippen LogP contribution in [0.2, 0.25) is 0 Å². The topological polar surface area (TPSA) is 95.9 Å². The summed E-state index contributed by atoms with van der Waals surface area (Å²) in [6.45, 7) is 1.85. The van der Waals surface area contributed by atoms with E-state index in [-0.39, 0.29) is 24.1 Å². The number of hydrogen-bond donors (Lipinski definition) is 2. The highest BCUT2D eigenvalue weighted by molar-refractivity contribution is 8.00. The number of amides is 2. The fraction of sp³-hybridized carbons (Fsp3) is 0.583. The Morgan fingerprint density at radius 2 is 2.23 bits per heavy atom. The number of carboxylic acid groups (broad SMARTS) is 1. The van der Waals surface area contributed by atoms with Crippen LogP contribution < -0.4 is 5.32 Å². The van der Waals surface area contributed by atoms with Gasteiger partial charge in [-0.15, -0.1) is 35.0 Å². The zero-order valence-corrected chi connectivity index (χ0v) is 13.9. The van der Waals surface area contributed by atoms with Crippen LogP contribution in [0.5, 0.6) is 0 Å². The molecule has 1 saturated heterocycles. The first-order valence-corrected chi connectivity index (χ1v) is 8.52. The molecule has 0 saturated carbocycles. The van der Waals surface area contributed by atoms with Crippen molar-refractivity contribution in [1.29, 1.82) is 0 Å². The standard InChI is InChI=1S/C12H14Cl2N2O5S/c1-2-21-12(15-7(17)4-14)10(20)16-8(9(18)19)6(3-13)5-22-11(12)16/h11H,2-5H2,1H3,(H,15,17)(H,18,19)/t11-,12?/m1/s1. The Morgan fingerprint density at radius 1 is 1.55 bits per heavy atom. The number of halogens is 2. The molecule has 0 aliphatic carbocycles. The summed E-state index contributed by atoms with van der Waals surface area (Å²) in [4.78, 5) is 36.7. The van der Waals surface area contributed by atoms with Gasteiger partial charge in [0.25, 0.3) is 11.6 Å². The van der Waals surface area contributed by atoms with Crippen molar-refractivity contribution in [2.75, 3.05) is 24.1 Å². The zero-order chi connectivity index (χ0) is 16.5. The molecule has 2 aliphatic rings. The minimum absolute atomic E-state index is 0.0147. The van der Waals surface area contributed by atoms with Gasteiger partial charge in [0.05, 0.1) is 0 Å². The first kappa shape index (κ1) is 17.4. The SMILES string of the molecule is CCOC1(NC(=O)CCl)C(=O)N2C(C(=O)O)=C(CCl)CS[C@@H]21. The smallest absolute Gasteiger partial charge is 0.352 e. The lowest BCUT2D eigenvalue weighted by Gasteiger charge is -2.56. The van der Waals surface area contributed by atoms with Crippen molar-refractivity contribution < 1.29 is 24.2 Å². The zero-order valence-electron chi connectivity index (χ0n) is 11.6. The number of ether oxygens (including phenoxy) is 1. The van der Waals surface area contributed by atoms with Crippen molar-refractivity contribution in [3.63, 3.8) is 0 Å². The van der Waals surface area contributed by atoms with Gasteiger partial charge in [0.1, 0.15) is 17.0 Å². The quantitative estimate of drug-likeness (QED) is 0.404. The fourth-order valence-corrected chi connectivity index (χ4v) is 4.25. The lowest BCUT2D eigenvalue weighted by Crippen LogP contribution is -2.81. The number of carbonyl (C=O) groups is 3. The highest BCUT2D eigenvalue weighted by atomic mass is 35.5. The van der Waals surface area contributed by atoms with Crippen molar-refractivity contribution >= 4 is 52.7 Å². The van der Waals surface area contributed by atoms with Crippen LogP contribution in [-0.4, -0.2) is 63.0 Å². The van der Waals surface area contributed by atoms with Gasteiger partial charge >= 0.3 is 5.97 Å². The molecule has 10 heteroatoms. The van der Waals surface area contributed by atoms with Crippen molar-refractivity contribution in [3.05, 3.63) is 11.3 Å². The average molecular weight is 369 g/mol. The summed E-state index contributed by atoms with van der Waals surface area (Å²) >= 11 is 12.5. The molecule has 2 amide bonds. The number of nitrogens with one attached hydrogen (secondary N) is 1. The number of β-lactam (4-membered cyclic amide) rings is 1. The molecule has 0 spiro atoms. The second kappa shape index (κ2) is 6.66. The van der Waals surface area contributed by atoms with Gasteiger partial charge in [-0.05, 0) is 12.5 Å². The summed E-state index contributed by atoms with van der Waals surface area (Å²) in [5, 5.41) is 11.1. The molecule has 0 aromatic rings. The molecule has 2 heterocycles. The van der Waals surface area contributed by atoms with Crippen LogP contribution in [0.25, 0.3) is 0 Å². The minimum atomic E-state index is -1.58. The molecule has 2 N–H and O–H groups in total. The van der Waals surface area contributed by atoms with Crippen LogP contribution in [0.4, 0.5) is 0 Å². The molecule has 0 aromatic carbocycles. The molecule has 0 bridgehead atoms. The van der Waals surface area contributed by atoms with Gasteiger partial charge < -0.3 is 15.2 Å². The van der Waals surface area contributed by atoms with Crippen molar-refractivity contribution in [1.82, 2.24) is 10.2 Å². The van der Waals surface area contributed by atoms with E-state index in [1.165, 1.54) is 11.8 Å². The molecule has 2 atom stereocenters. The average Bonchev–Trinajstić information content (AvgIpc) is 2.51. The minimum Gasteiger partial charge on any atom is -0.477 e. The third-order valence-corrected chi connectivity index (χ3v) is 5.23. The number of aliphatic carboxylic acids is 1. The monoisotopic (exact) mass is 368 g/mol. The van der Waals surface area contributed by atoms with Crippen LogP contribution in [-0.2, 0) is 19.1 Å². The van der Waals surface area contributed by atoms with Gasteiger partial charge in [0.15, 0.2) is 0 Å². The molecule has 122 valence electrons. The van der Waals surface area contributed by atoms with E-state index in [1.54, 1.807) is 6.92 Å². The van der Waals surface area contributed by atoms with Crippen molar-refractivity contribution in [2.45, 2.75) is 18.0 Å². The second-order valence-corrected chi connectivity index (χ2v) is 6.18. The molecular weight excluding hydrogens is 355 g/mol. The number of nitrogens with zero attached hydrogens (tertiary/aromatic N) is 1. The van der Waals surface area contributed by atoms with E-state index in [0.29, 0.717) is 11.3 Å². The van der Waals surface area contributed by atoms with Gasteiger partial charge in [-0.2, -0.15) is 0 Å². The van der Waals surface area contributed by atoms with Crippen LogP contribution in [0.15, 0.2) is 11.3 Å². The maximum atomic E-state index is 12.5. The Bertz CT molecular complexity index is 556. The van der Waals surface area contributed by atoms with Gasteiger partial charge in [-0.25, -0.2) is 4.79 Å². The van der Waals surface area contributed by atoms with Crippen LogP contribution in [0.1, 0.15) is 6.92 Å². The third kappa shape index (κ3) is 2.58. The lowest BCUT2D eigenvalue weighted by molar-refractivity contribution is -0.197. The van der Waals surface area contributed by atoms with Gasteiger partial charge in [-0.3, -0.25) is 14.5 Å². The van der Waals surface area contributed by atoms with E-state index in [0.717, 1.165) is 4.90 Å². The predicted octanol–water partition coefficient (Wildman–Crippen LogP) is 0.567. The Balaban J connectivity index is 2.37. The van der Waals surface area contributed by atoms with E-state index < -0.39 is 28.9 Å². The first-order valence-electron chi connectivity index (χ1n) is 6.40. The molecule has 7 nitrogen and oxygen atoms in total. The molecule has 2 aliphatic heterocycles. The van der Waals surface area contributed by atoms with E-state index in [1.807, 2.05) is 0 Å².